The van der Waals surface area contributed by atoms with Gasteiger partial charge >= 0.3 is 0 Å². The molecule has 2 heterocycles. The fraction of sp³-hybridized carbons (Fsp3) is 0.368. The molecule has 2 unspecified atom stereocenters. The first kappa shape index (κ1) is 14.2. The van der Waals surface area contributed by atoms with E-state index in [1.807, 2.05) is 0 Å². The van der Waals surface area contributed by atoms with Crippen molar-refractivity contribution < 1.29 is 0 Å². The van der Waals surface area contributed by atoms with Gasteiger partial charge in [-0.3, -0.25) is 5.01 Å². The van der Waals surface area contributed by atoms with E-state index in [0.717, 1.165) is 6.54 Å². The number of rotatable bonds is 1. The van der Waals surface area contributed by atoms with Crippen LogP contribution < -0.4 is 4.90 Å². The van der Waals surface area contributed by atoms with E-state index < -0.39 is 0 Å². The molecule has 0 spiro atoms. The minimum absolute atomic E-state index is 0.0726. The summed E-state index contributed by atoms with van der Waals surface area (Å²) in [4.78, 5) is 2.33. The fourth-order valence-electron chi connectivity index (χ4n) is 3.74. The number of nitrogens with zero attached hydrogens (tertiary/aromatic N) is 4. The third-order valence-electron chi connectivity index (χ3n) is 4.84. The molecule has 0 bridgehead atoms. The van der Waals surface area contributed by atoms with Crippen LogP contribution in [0.25, 0.3) is 0 Å². The van der Waals surface area contributed by atoms with Crippen molar-refractivity contribution in [3.63, 3.8) is 0 Å². The molecule has 2 aromatic rings. The lowest BCUT2D eigenvalue weighted by Gasteiger charge is -2.35. The van der Waals surface area contributed by atoms with Crippen molar-refractivity contribution >= 4 is 5.69 Å². The first-order valence-corrected chi connectivity index (χ1v) is 8.24. The minimum atomic E-state index is 0.0726. The molecule has 0 amide bonds. The highest BCUT2D eigenvalue weighted by atomic mass is 15.6. The summed E-state index contributed by atoms with van der Waals surface area (Å²) in [5.74, 6) is 0. The van der Waals surface area contributed by atoms with Gasteiger partial charge in [-0.1, -0.05) is 47.7 Å². The van der Waals surface area contributed by atoms with Crippen LogP contribution in [0.4, 0.5) is 5.69 Å². The van der Waals surface area contributed by atoms with E-state index in [-0.39, 0.29) is 12.1 Å². The molecule has 0 aliphatic carbocycles. The van der Waals surface area contributed by atoms with Gasteiger partial charge in [0.05, 0.1) is 0 Å². The van der Waals surface area contributed by atoms with Crippen molar-refractivity contribution in [2.24, 2.45) is 10.3 Å². The van der Waals surface area contributed by atoms with Gasteiger partial charge in [0.15, 0.2) is 0 Å². The van der Waals surface area contributed by atoms with Crippen molar-refractivity contribution in [3.05, 3.63) is 65.2 Å². The molecule has 0 saturated heterocycles. The molecular formula is C19H22N4. The highest BCUT2D eigenvalue weighted by Crippen LogP contribution is 2.48. The molecule has 4 heteroatoms. The molecule has 0 N–H and O–H groups in total. The van der Waals surface area contributed by atoms with Gasteiger partial charge in [-0.15, -0.1) is 0 Å². The minimum Gasteiger partial charge on any atom is -0.370 e. The van der Waals surface area contributed by atoms with E-state index in [1.165, 1.54) is 22.4 Å². The molecule has 2 aliphatic rings. The summed E-state index contributed by atoms with van der Waals surface area (Å²) in [6, 6.07) is 17.9. The van der Waals surface area contributed by atoms with Crippen LogP contribution in [-0.4, -0.2) is 18.1 Å². The van der Waals surface area contributed by atoms with Crippen molar-refractivity contribution in [2.75, 3.05) is 11.9 Å². The number of para-hydroxylation sites is 1. The molecule has 2 atom stereocenters. The van der Waals surface area contributed by atoms with Crippen LogP contribution in [0.2, 0.25) is 0 Å². The maximum absolute atomic E-state index is 4.66. The summed E-state index contributed by atoms with van der Waals surface area (Å²) in [5, 5.41) is 11.3. The first-order valence-electron chi connectivity index (χ1n) is 8.24. The quantitative estimate of drug-likeness (QED) is 0.776. The SMILES string of the molecule is CC(C)N1N=NC2c3ccccc3CN(C)c3ccccc3C21. The summed E-state index contributed by atoms with van der Waals surface area (Å²) >= 11 is 0. The van der Waals surface area contributed by atoms with Crippen LogP contribution in [-0.2, 0) is 6.54 Å². The molecule has 0 saturated carbocycles. The van der Waals surface area contributed by atoms with Gasteiger partial charge < -0.3 is 4.90 Å². The monoisotopic (exact) mass is 306 g/mol. The molecular weight excluding hydrogens is 284 g/mol. The van der Waals surface area contributed by atoms with E-state index in [0.29, 0.717) is 6.04 Å². The highest BCUT2D eigenvalue weighted by molar-refractivity contribution is 5.57. The van der Waals surface area contributed by atoms with Crippen LogP contribution in [0.1, 0.15) is 42.6 Å². The van der Waals surface area contributed by atoms with Gasteiger partial charge in [0.1, 0.15) is 12.1 Å². The molecule has 0 aromatic heterocycles. The summed E-state index contributed by atoms with van der Waals surface area (Å²) < 4.78 is 0. The predicted octanol–water partition coefficient (Wildman–Crippen LogP) is 4.51. The van der Waals surface area contributed by atoms with Crippen molar-refractivity contribution in [2.45, 2.75) is 38.5 Å². The average molecular weight is 306 g/mol. The summed E-state index contributed by atoms with van der Waals surface area (Å²) in [7, 11) is 2.17. The number of anilines is 1. The third-order valence-corrected chi connectivity index (χ3v) is 4.84. The van der Waals surface area contributed by atoms with Gasteiger partial charge in [0, 0.05) is 30.9 Å². The van der Waals surface area contributed by atoms with Crippen LogP contribution in [0.3, 0.4) is 0 Å². The molecule has 4 nitrogen and oxygen atoms in total. The zero-order valence-corrected chi connectivity index (χ0v) is 13.8. The van der Waals surface area contributed by atoms with Gasteiger partial charge in [0.2, 0.25) is 0 Å². The van der Waals surface area contributed by atoms with E-state index >= 15 is 0 Å². The topological polar surface area (TPSA) is 31.2 Å². The average Bonchev–Trinajstić information content (AvgIpc) is 2.98. The summed E-state index contributed by atoms with van der Waals surface area (Å²) in [6.45, 7) is 5.25. The zero-order chi connectivity index (χ0) is 16.0. The summed E-state index contributed by atoms with van der Waals surface area (Å²) in [5.41, 5.74) is 5.22. The van der Waals surface area contributed by atoms with Crippen LogP contribution >= 0.6 is 0 Å². The lowest BCUT2D eigenvalue weighted by Crippen LogP contribution is -2.32. The Morgan fingerprint density at radius 2 is 1.70 bits per heavy atom. The van der Waals surface area contributed by atoms with Crippen molar-refractivity contribution in [3.8, 4) is 0 Å². The Hall–Kier alpha value is -2.36. The maximum atomic E-state index is 4.66. The molecule has 0 fully saturated rings. The van der Waals surface area contributed by atoms with E-state index in [9.17, 15) is 0 Å². The molecule has 118 valence electrons. The molecule has 2 aromatic carbocycles. The second-order valence-electron chi connectivity index (χ2n) is 6.68. The Bertz CT molecular complexity index is 753. The maximum Gasteiger partial charge on any atom is 0.124 e. The van der Waals surface area contributed by atoms with E-state index in [2.05, 4.69) is 89.7 Å². The van der Waals surface area contributed by atoms with E-state index in [1.54, 1.807) is 0 Å². The molecule has 4 rings (SSSR count). The molecule has 0 radical (unpaired) electrons. The number of fused-ring (bicyclic) bond motifs is 5. The number of benzene rings is 2. The lowest BCUT2D eigenvalue weighted by atomic mass is 9.87. The van der Waals surface area contributed by atoms with Gasteiger partial charge in [0.25, 0.3) is 0 Å². The van der Waals surface area contributed by atoms with Crippen LogP contribution in [0, 0.1) is 0 Å². The van der Waals surface area contributed by atoms with Crippen LogP contribution in [0.15, 0.2) is 58.9 Å². The fourth-order valence-corrected chi connectivity index (χ4v) is 3.74. The van der Waals surface area contributed by atoms with Gasteiger partial charge in [-0.05, 0) is 31.0 Å². The van der Waals surface area contributed by atoms with Crippen molar-refractivity contribution in [1.29, 1.82) is 0 Å². The Morgan fingerprint density at radius 1 is 1.00 bits per heavy atom. The largest absolute Gasteiger partial charge is 0.370 e. The third kappa shape index (κ3) is 2.21. The standard InChI is InChI=1S/C19H22N4/c1-13(2)23-19-16-10-6-7-11-17(16)22(3)12-14-8-4-5-9-15(14)18(19)20-21-23/h4-11,13,18-19H,12H2,1-3H3. The molecule has 23 heavy (non-hydrogen) atoms. The van der Waals surface area contributed by atoms with Crippen LogP contribution in [0.5, 0.6) is 0 Å². The Kier molecular flexibility index (Phi) is 3.33. The Labute approximate surface area is 137 Å². The second kappa shape index (κ2) is 5.37. The number of hydrogen-bond donors (Lipinski definition) is 0. The second-order valence-corrected chi connectivity index (χ2v) is 6.68. The summed E-state index contributed by atoms with van der Waals surface area (Å²) in [6.07, 6.45) is 0. The predicted molar refractivity (Wildman–Crippen MR) is 92.3 cm³/mol. The van der Waals surface area contributed by atoms with E-state index in [4.69, 9.17) is 0 Å². The number of hydrogen-bond acceptors (Lipinski definition) is 4. The normalized spacial score (nSPS) is 22.4. The van der Waals surface area contributed by atoms with Gasteiger partial charge in [-0.25, -0.2) is 0 Å². The first-order chi connectivity index (χ1) is 11.2. The van der Waals surface area contributed by atoms with Crippen molar-refractivity contribution in [1.82, 2.24) is 5.01 Å². The zero-order valence-electron chi connectivity index (χ0n) is 13.8. The van der Waals surface area contributed by atoms with Gasteiger partial charge in [-0.2, -0.15) is 5.11 Å². The Balaban J connectivity index is 1.93. The lowest BCUT2D eigenvalue weighted by molar-refractivity contribution is 0.174. The molecule has 2 aliphatic heterocycles. The Morgan fingerprint density at radius 3 is 2.48 bits per heavy atom. The smallest absolute Gasteiger partial charge is 0.124 e. The highest BCUT2D eigenvalue weighted by Gasteiger charge is 2.40.